The highest BCUT2D eigenvalue weighted by atomic mass is 35.5. The van der Waals surface area contributed by atoms with Crippen LogP contribution >= 0.6 is 11.6 Å². The third-order valence-corrected chi connectivity index (χ3v) is 3.20. The molecule has 2 aromatic carbocycles. The lowest BCUT2D eigenvalue weighted by atomic mass is 10.1. The van der Waals surface area contributed by atoms with Crippen LogP contribution in [-0.2, 0) is 4.79 Å². The van der Waals surface area contributed by atoms with Gasteiger partial charge in [0.15, 0.2) is 0 Å². The zero-order valence-electron chi connectivity index (χ0n) is 9.22. The van der Waals surface area contributed by atoms with Crippen LogP contribution < -0.4 is 0 Å². The number of halogens is 1. The molecule has 0 fully saturated rings. The predicted molar refractivity (Wildman–Crippen MR) is 72.0 cm³/mol. The normalized spacial score (nSPS) is 10.5. The van der Waals surface area contributed by atoms with Gasteiger partial charge in [0.05, 0.1) is 16.1 Å². The third kappa shape index (κ3) is 1.58. The highest BCUT2D eigenvalue weighted by Gasteiger charge is 2.09. The van der Waals surface area contributed by atoms with E-state index in [0.29, 0.717) is 16.2 Å². The molecule has 0 bridgehead atoms. The van der Waals surface area contributed by atoms with E-state index >= 15 is 0 Å². The van der Waals surface area contributed by atoms with E-state index in [1.54, 1.807) is 12.1 Å². The molecular formula is C14H7ClN2O. The van der Waals surface area contributed by atoms with E-state index in [1.807, 2.05) is 30.3 Å². The number of hydrogen-bond donors (Lipinski definition) is 0. The molecule has 0 radical (unpaired) electrons. The lowest BCUT2D eigenvalue weighted by molar-refractivity contribution is 0.565. The summed E-state index contributed by atoms with van der Waals surface area (Å²) in [6, 6.07) is 13.0. The van der Waals surface area contributed by atoms with Crippen molar-refractivity contribution in [2.45, 2.75) is 0 Å². The van der Waals surface area contributed by atoms with E-state index < -0.39 is 0 Å². The number of fused-ring (bicyclic) bond motifs is 2. The van der Waals surface area contributed by atoms with Crippen LogP contribution in [0.5, 0.6) is 0 Å². The number of rotatable bonds is 1. The van der Waals surface area contributed by atoms with Crippen LogP contribution in [0, 0.1) is 0 Å². The molecular weight excluding hydrogens is 248 g/mol. The number of hydrogen-bond acceptors (Lipinski definition) is 3. The van der Waals surface area contributed by atoms with Crippen molar-refractivity contribution >= 4 is 45.2 Å². The highest BCUT2D eigenvalue weighted by Crippen LogP contribution is 2.34. The summed E-state index contributed by atoms with van der Waals surface area (Å²) >= 11 is 6.37. The van der Waals surface area contributed by atoms with Gasteiger partial charge in [-0.3, -0.25) is 0 Å². The lowest BCUT2D eigenvalue weighted by Gasteiger charge is -2.06. The van der Waals surface area contributed by atoms with Gasteiger partial charge in [-0.25, -0.2) is 9.78 Å². The minimum Gasteiger partial charge on any atom is -0.245 e. The molecule has 0 saturated carbocycles. The van der Waals surface area contributed by atoms with Crippen molar-refractivity contribution in [2.75, 3.05) is 0 Å². The molecule has 18 heavy (non-hydrogen) atoms. The van der Waals surface area contributed by atoms with Gasteiger partial charge >= 0.3 is 0 Å². The van der Waals surface area contributed by atoms with Crippen molar-refractivity contribution in [3.05, 3.63) is 47.5 Å². The first kappa shape index (κ1) is 10.9. The zero-order valence-corrected chi connectivity index (χ0v) is 9.98. The maximum atomic E-state index is 10.4. The minimum atomic E-state index is 0.482. The van der Waals surface area contributed by atoms with Crippen molar-refractivity contribution in [2.24, 2.45) is 4.99 Å². The van der Waals surface area contributed by atoms with Crippen molar-refractivity contribution < 1.29 is 4.79 Å². The molecule has 0 aliphatic rings. The second-order valence-corrected chi connectivity index (χ2v) is 4.20. The molecule has 1 heterocycles. The topological polar surface area (TPSA) is 42.3 Å². The second-order valence-electron chi connectivity index (χ2n) is 3.82. The van der Waals surface area contributed by atoms with Crippen LogP contribution in [0.2, 0.25) is 5.02 Å². The Balaban J connectivity index is 2.55. The molecule has 0 aliphatic heterocycles. The number of aliphatic imine (C=N–C) groups is 1. The summed E-state index contributed by atoms with van der Waals surface area (Å²) in [4.78, 5) is 18.6. The summed E-state index contributed by atoms with van der Waals surface area (Å²) in [7, 11) is 0. The molecule has 3 aromatic rings. The molecule has 0 saturated heterocycles. The molecule has 0 spiro atoms. The molecule has 3 rings (SSSR count). The van der Waals surface area contributed by atoms with Crippen molar-refractivity contribution in [1.82, 2.24) is 4.98 Å². The number of nitrogens with zero attached hydrogens (tertiary/aromatic N) is 2. The van der Waals surface area contributed by atoms with Crippen molar-refractivity contribution in [3.63, 3.8) is 0 Å². The van der Waals surface area contributed by atoms with Crippen LogP contribution in [-0.4, -0.2) is 11.1 Å². The molecule has 0 amide bonds. The van der Waals surface area contributed by atoms with Crippen LogP contribution in [0.15, 0.2) is 47.5 Å². The fourth-order valence-electron chi connectivity index (χ4n) is 1.99. The Morgan fingerprint density at radius 3 is 2.67 bits per heavy atom. The summed E-state index contributed by atoms with van der Waals surface area (Å²) in [6.45, 7) is 0. The number of benzene rings is 2. The van der Waals surface area contributed by atoms with Crippen LogP contribution in [0.1, 0.15) is 0 Å². The van der Waals surface area contributed by atoms with Crippen LogP contribution in [0.25, 0.3) is 21.8 Å². The fourth-order valence-corrected chi connectivity index (χ4v) is 2.30. The predicted octanol–water partition coefficient (Wildman–Crippen LogP) is 4.01. The van der Waals surface area contributed by atoms with Crippen LogP contribution in [0.3, 0.4) is 0 Å². The maximum absolute atomic E-state index is 10.4. The van der Waals surface area contributed by atoms with E-state index in [0.717, 1.165) is 16.3 Å². The smallest absolute Gasteiger partial charge is 0.240 e. The average molecular weight is 255 g/mol. The summed E-state index contributed by atoms with van der Waals surface area (Å²) < 4.78 is 0. The summed E-state index contributed by atoms with van der Waals surface area (Å²) in [5.41, 5.74) is 1.88. The van der Waals surface area contributed by atoms with Gasteiger partial charge in [0.25, 0.3) is 0 Å². The number of isocyanates is 1. The zero-order chi connectivity index (χ0) is 12.5. The number of pyridine rings is 1. The Bertz CT molecular complexity index is 807. The number of carbonyl (C=O) groups excluding carboxylic acids is 1. The number of para-hydroxylation sites is 2. The first-order chi connectivity index (χ1) is 8.81. The second kappa shape index (κ2) is 4.22. The van der Waals surface area contributed by atoms with E-state index in [1.165, 1.54) is 6.08 Å². The monoisotopic (exact) mass is 254 g/mol. The van der Waals surface area contributed by atoms with E-state index in [4.69, 9.17) is 11.6 Å². The lowest BCUT2D eigenvalue weighted by Crippen LogP contribution is -1.85. The molecule has 0 N–H and O–H groups in total. The van der Waals surface area contributed by atoms with Crippen molar-refractivity contribution in [3.8, 4) is 0 Å². The molecule has 1 aromatic heterocycles. The molecule has 0 unspecified atom stereocenters. The minimum absolute atomic E-state index is 0.482. The average Bonchev–Trinajstić information content (AvgIpc) is 2.40. The Morgan fingerprint density at radius 2 is 1.83 bits per heavy atom. The number of aromatic nitrogens is 1. The Hall–Kier alpha value is -2.22. The van der Waals surface area contributed by atoms with Crippen LogP contribution in [0.4, 0.5) is 5.69 Å². The summed E-state index contributed by atoms with van der Waals surface area (Å²) in [5.74, 6) is 0. The van der Waals surface area contributed by atoms with Gasteiger partial charge in [-0.15, -0.1) is 0 Å². The van der Waals surface area contributed by atoms with Gasteiger partial charge in [0, 0.05) is 10.8 Å². The van der Waals surface area contributed by atoms with Gasteiger partial charge in [-0.2, -0.15) is 4.99 Å². The molecule has 86 valence electrons. The van der Waals surface area contributed by atoms with E-state index in [2.05, 4.69) is 9.98 Å². The quantitative estimate of drug-likeness (QED) is 0.374. The van der Waals surface area contributed by atoms with Gasteiger partial charge in [0.2, 0.25) is 6.08 Å². The summed E-state index contributed by atoms with van der Waals surface area (Å²) in [5, 5.41) is 2.30. The SMILES string of the molecule is O=C=Nc1cccc2c(Cl)c3ccccc3nc12. The first-order valence-electron chi connectivity index (χ1n) is 5.36. The largest absolute Gasteiger partial charge is 0.245 e. The van der Waals surface area contributed by atoms with Gasteiger partial charge < -0.3 is 0 Å². The molecule has 0 atom stereocenters. The Kier molecular flexibility index (Phi) is 2.56. The van der Waals surface area contributed by atoms with E-state index in [-0.39, 0.29) is 0 Å². The molecule has 4 heteroatoms. The Morgan fingerprint density at radius 1 is 1.06 bits per heavy atom. The van der Waals surface area contributed by atoms with Gasteiger partial charge in [-0.05, 0) is 12.1 Å². The Labute approximate surface area is 108 Å². The standard InChI is InChI=1S/C14H7ClN2O/c15-13-9-4-1-2-6-11(9)17-14-10(13)5-3-7-12(14)16-8-18/h1-7H. The molecule has 3 nitrogen and oxygen atoms in total. The first-order valence-corrected chi connectivity index (χ1v) is 5.74. The third-order valence-electron chi connectivity index (χ3n) is 2.79. The highest BCUT2D eigenvalue weighted by molar-refractivity contribution is 6.40. The van der Waals surface area contributed by atoms with Gasteiger partial charge in [-0.1, -0.05) is 41.9 Å². The van der Waals surface area contributed by atoms with Crippen molar-refractivity contribution in [1.29, 1.82) is 0 Å². The van der Waals surface area contributed by atoms with E-state index in [9.17, 15) is 4.79 Å². The summed E-state index contributed by atoms with van der Waals surface area (Å²) in [6.07, 6.45) is 1.54. The van der Waals surface area contributed by atoms with Gasteiger partial charge in [0.1, 0.15) is 5.69 Å². The molecule has 0 aliphatic carbocycles. The fraction of sp³-hybridized carbons (Fsp3) is 0. The maximum Gasteiger partial charge on any atom is 0.240 e.